The molecule has 5 aromatic heterocycles. The van der Waals surface area contributed by atoms with Gasteiger partial charge in [-0.25, -0.2) is 79.2 Å². The van der Waals surface area contributed by atoms with E-state index in [1.54, 1.807) is 68.3 Å². The number of imidazole rings is 5. The normalized spacial score (nSPS) is 20.1. The monoisotopic (exact) mass is 2000 g/mol. The molecule has 10 aromatic carbocycles. The Morgan fingerprint density at radius 3 is 0.617 bits per heavy atom. The molecule has 33 nitrogen and oxygen atoms in total. The number of carbonyl (C=O) groups is 5. The summed E-state index contributed by atoms with van der Waals surface area (Å²) in [5.41, 5.74) is 18.8. The van der Waals surface area contributed by atoms with Gasteiger partial charge >= 0.3 is 0 Å². The highest BCUT2D eigenvalue weighted by molar-refractivity contribution is 7.79. The Labute approximate surface area is 861 Å². The van der Waals surface area contributed by atoms with E-state index in [2.05, 4.69) is 156 Å². The van der Waals surface area contributed by atoms with Crippen molar-refractivity contribution in [2.75, 3.05) is 0 Å². The third kappa shape index (κ3) is 18.0. The van der Waals surface area contributed by atoms with Crippen molar-refractivity contribution in [2.45, 2.75) is 152 Å². The van der Waals surface area contributed by atoms with Gasteiger partial charge in [-0.2, -0.15) is 12.6 Å². The zero-order valence-electron chi connectivity index (χ0n) is 81.9. The number of nitrogens with zero attached hydrogens (tertiary/aromatic N) is 20. The van der Waals surface area contributed by atoms with Gasteiger partial charge in [0.2, 0.25) is 29.5 Å². The molecule has 15 heterocycles. The number of hydrogen-bond donors (Lipinski definition) is 9. The Morgan fingerprint density at radius 1 is 0.262 bits per heavy atom. The van der Waals surface area contributed by atoms with Gasteiger partial charge in [-0.15, -0.1) is 0 Å². The molecule has 15 aromatic rings. The van der Waals surface area contributed by atoms with Crippen molar-refractivity contribution in [1.29, 1.82) is 0 Å². The van der Waals surface area contributed by atoms with Gasteiger partial charge < -0.3 is 40.2 Å². The molecule has 744 valence electrons. The van der Waals surface area contributed by atoms with Crippen LogP contribution >= 0.6 is 12.6 Å². The summed E-state index contributed by atoms with van der Waals surface area (Å²) in [7, 11) is 0. The number of amidine groups is 5. The average molecular weight is 2000 g/mol. The first-order valence-electron chi connectivity index (χ1n) is 48.6. The molecule has 0 radical (unpaired) electrons. The van der Waals surface area contributed by atoms with Gasteiger partial charge in [0.1, 0.15) is 93.8 Å². The average Bonchev–Trinajstić information content (AvgIpc) is 1.58. The summed E-state index contributed by atoms with van der Waals surface area (Å²) < 4.78 is 13.6. The van der Waals surface area contributed by atoms with Crippen molar-refractivity contribution in [2.24, 2.45) is 49.9 Å². The topological polar surface area (TPSA) is 429 Å². The predicted molar refractivity (Wildman–Crippen MR) is 569 cm³/mol. The third-order valence-corrected chi connectivity index (χ3v) is 29.3. The van der Waals surface area contributed by atoms with Crippen LogP contribution in [0, 0.1) is 40.4 Å². The standard InChI is InChI=1S/3C23H21N5O2.C23H21N5OS.C22H18FN5O/c3*1-15-2-4-16(5-3-15)11-28-19(30)10-23(18-8-6-17(12-29)7-9-18)20-21(25-13-24-20)26-14-27-22(23)28;1-15-2-4-16(5-3-15)11-28-19(29)10-23(18-8-6-17(12-30)7-9-18)20-21(25-13-24-20)26-14-27-22(23)28;1-14-2-4-15(5-3-14)11-28-18(29)10-22(16-6-8-17(23)9-7-16)19-20(25-12-24-19)26-13-27-21(22)28/h3*2-9,13-14,29H,10-12H2,1H3,(H,24,25);2-9,13-14,30H,10-12H2,1H3,(H,24,25);2-9,12-13H,10-11H2,1H3,(H,24,25). The number of amides is 5. The third-order valence-electron chi connectivity index (χ3n) is 29.0. The number of carbonyl (C=O) groups excluding carboxylic acids is 5. The number of rotatable bonds is 19. The van der Waals surface area contributed by atoms with Gasteiger partial charge in [0, 0.05) is 37.9 Å². The van der Waals surface area contributed by atoms with Gasteiger partial charge in [-0.3, -0.25) is 48.5 Å². The largest absolute Gasteiger partial charge is 0.392 e. The maximum Gasteiger partial charge on any atom is 0.230 e. The molecule has 5 saturated heterocycles. The molecule has 25 rings (SSSR count). The molecule has 0 aliphatic carbocycles. The van der Waals surface area contributed by atoms with Crippen molar-refractivity contribution in [3.8, 4) is 0 Å². The van der Waals surface area contributed by atoms with Crippen LogP contribution < -0.4 is 0 Å². The number of likely N-dealkylation sites (tertiary alicyclic amines) is 5. The lowest BCUT2D eigenvalue weighted by Gasteiger charge is -2.29. The van der Waals surface area contributed by atoms with Gasteiger partial charge in [0.15, 0.2) is 29.1 Å². The molecule has 0 spiro atoms. The zero-order valence-corrected chi connectivity index (χ0v) is 82.8. The second kappa shape index (κ2) is 40.8. The van der Waals surface area contributed by atoms with Crippen molar-refractivity contribution >= 4 is 132 Å². The highest BCUT2D eigenvalue weighted by Crippen LogP contribution is 2.54. The number of aliphatic hydroxyl groups excluding tert-OH is 3. The molecule has 5 amide bonds. The zero-order chi connectivity index (χ0) is 103. The molecule has 5 fully saturated rings. The van der Waals surface area contributed by atoms with E-state index < -0.39 is 27.1 Å². The number of thiol groups is 1. The van der Waals surface area contributed by atoms with Crippen LogP contribution in [0.25, 0.3) is 0 Å². The number of benzene rings is 10. The van der Waals surface area contributed by atoms with E-state index in [4.69, 9.17) is 0 Å². The molecule has 10 aliphatic heterocycles. The summed E-state index contributed by atoms with van der Waals surface area (Å²) >= 11 is 4.37. The first-order chi connectivity index (χ1) is 72.5. The van der Waals surface area contributed by atoms with Gasteiger partial charge in [0.25, 0.3) is 0 Å². The summed E-state index contributed by atoms with van der Waals surface area (Å²) in [6.07, 6.45) is 16.5. The number of aromatic nitrogens is 10. The number of aliphatic hydroxyl groups is 3. The minimum Gasteiger partial charge on any atom is -0.392 e. The molecule has 0 bridgehead atoms. The number of fused-ring (bicyclic) bond motifs is 15. The second-order valence-electron chi connectivity index (χ2n) is 38.2. The van der Waals surface area contributed by atoms with Crippen LogP contribution in [0.4, 0.5) is 33.5 Å². The molecular formula is C114H102FN25O8S. The van der Waals surface area contributed by atoms with Crippen molar-refractivity contribution in [1.82, 2.24) is 74.3 Å². The molecule has 0 saturated carbocycles. The summed E-state index contributed by atoms with van der Waals surface area (Å²) in [4.78, 5) is 158. The number of hydrogen-bond acceptors (Lipinski definition) is 24. The summed E-state index contributed by atoms with van der Waals surface area (Å²) in [5, 5.41) is 28.3. The Kier molecular flexibility index (Phi) is 26.7. The minimum absolute atomic E-state index is 0.00332. The molecular weight excluding hydrogens is 1900 g/mol. The fourth-order valence-electron chi connectivity index (χ4n) is 21.2. The van der Waals surface area contributed by atoms with E-state index in [1.807, 2.05) is 210 Å². The number of aliphatic imine (C=N–C) groups is 10. The van der Waals surface area contributed by atoms with E-state index in [0.717, 1.165) is 106 Å². The van der Waals surface area contributed by atoms with Crippen LogP contribution in [0.15, 0.2) is 324 Å². The molecule has 35 heteroatoms. The van der Waals surface area contributed by atoms with Crippen LogP contribution in [-0.4, -0.2) is 180 Å². The Hall–Kier alpha value is -17.5. The summed E-state index contributed by atoms with van der Waals surface area (Å²) in [6, 6.07) is 78.0. The van der Waals surface area contributed by atoms with Crippen LogP contribution in [-0.2, 0) is 109 Å². The van der Waals surface area contributed by atoms with E-state index in [-0.39, 0.29) is 87.3 Å². The fourth-order valence-corrected chi connectivity index (χ4v) is 21.4. The Balaban J connectivity index is 0.000000109. The lowest BCUT2D eigenvalue weighted by atomic mass is 9.75. The van der Waals surface area contributed by atoms with Crippen molar-refractivity contribution < 1.29 is 43.7 Å². The molecule has 5 unspecified atom stereocenters. The first-order valence-corrected chi connectivity index (χ1v) is 49.3. The van der Waals surface area contributed by atoms with Crippen molar-refractivity contribution in [3.05, 3.63) is 414 Å². The number of halogens is 1. The van der Waals surface area contributed by atoms with Crippen LogP contribution in [0.1, 0.15) is 166 Å². The quantitative estimate of drug-likeness (QED) is 0.0340. The Morgan fingerprint density at radius 2 is 0.436 bits per heavy atom. The van der Waals surface area contributed by atoms with E-state index in [1.165, 1.54) is 66.1 Å². The lowest BCUT2D eigenvalue weighted by Crippen LogP contribution is -2.39. The number of H-pyrrole nitrogens is 5. The molecule has 149 heavy (non-hydrogen) atoms. The smallest absolute Gasteiger partial charge is 0.230 e. The van der Waals surface area contributed by atoms with Crippen LogP contribution in [0.5, 0.6) is 0 Å². The van der Waals surface area contributed by atoms with E-state index >= 15 is 0 Å². The molecule has 8 N–H and O–H groups in total. The number of aromatic amines is 5. The summed E-state index contributed by atoms with van der Waals surface area (Å²) in [6.45, 7) is 12.3. The minimum atomic E-state index is -0.891. The van der Waals surface area contributed by atoms with E-state index in [0.29, 0.717) is 102 Å². The molecule has 10 aliphatic rings. The summed E-state index contributed by atoms with van der Waals surface area (Å²) in [5.74, 6) is 6.10. The Bertz CT molecular complexity index is 7220. The first kappa shape index (κ1) is 97.5. The second-order valence-corrected chi connectivity index (χ2v) is 38.5. The van der Waals surface area contributed by atoms with Crippen molar-refractivity contribution in [3.63, 3.8) is 0 Å². The van der Waals surface area contributed by atoms with Crippen LogP contribution in [0.3, 0.4) is 0 Å². The predicted octanol–water partition coefficient (Wildman–Crippen LogP) is 16.6. The molecule has 5 atom stereocenters. The highest BCUT2D eigenvalue weighted by atomic mass is 32.1. The fraction of sp³-hybridized carbons (Fsp3) is 0.211. The highest BCUT2D eigenvalue weighted by Gasteiger charge is 2.60. The number of nitrogens with one attached hydrogen (secondary N) is 5. The van der Waals surface area contributed by atoms with Crippen LogP contribution in [0.2, 0.25) is 0 Å². The van der Waals surface area contributed by atoms with Gasteiger partial charge in [-0.1, -0.05) is 258 Å². The maximum absolute atomic E-state index is 13.6. The number of aryl methyl sites for hydroxylation is 5. The van der Waals surface area contributed by atoms with Gasteiger partial charge in [0.05, 0.1) is 113 Å². The lowest BCUT2D eigenvalue weighted by molar-refractivity contribution is -0.127. The SMILES string of the molecule is Cc1ccc(CN2C(=O)CC3(c4ccc(CO)cc4)C2=NC=Nc2nc[nH]c23)cc1.Cc1ccc(CN2C(=O)CC3(c4ccc(CO)cc4)C2=NC=Nc2nc[nH]c23)cc1.Cc1ccc(CN2C(=O)CC3(c4ccc(CO)cc4)C2=NC=Nc2nc[nH]c23)cc1.Cc1ccc(CN2C(=O)CC3(c4ccc(CS)cc4)C2=NC=Nc2nc[nH]c23)cc1.Cc1ccc(CN2C(=O)CC3(c4ccc(F)cc4)C2=NC=Nc2nc[nH]c23)cc1. The van der Waals surface area contributed by atoms with E-state index in [9.17, 15) is 43.7 Å². The maximum atomic E-state index is 13.6. The van der Waals surface area contributed by atoms with Gasteiger partial charge in [-0.05, 0) is 125 Å².